The summed E-state index contributed by atoms with van der Waals surface area (Å²) in [6.07, 6.45) is 1.20. The molecule has 3 rings (SSSR count). The largest absolute Gasteiger partial charge is 0.458 e. The minimum Gasteiger partial charge on any atom is -0.458 e. The van der Waals surface area contributed by atoms with Crippen molar-refractivity contribution in [1.82, 2.24) is 10.3 Å². The van der Waals surface area contributed by atoms with Gasteiger partial charge < -0.3 is 25.8 Å². The van der Waals surface area contributed by atoms with E-state index in [0.717, 1.165) is 16.8 Å². The molecule has 1 atom stereocenters. The number of nitrogen functional groups attached to an aromatic ring is 1. The van der Waals surface area contributed by atoms with Crippen LogP contribution >= 0.6 is 0 Å². The Bertz CT molecular complexity index is 1100. The lowest BCUT2D eigenvalue weighted by Crippen LogP contribution is -2.45. The highest BCUT2D eigenvalue weighted by atomic mass is 16.6. The third kappa shape index (κ3) is 7.81. The molecule has 0 saturated heterocycles. The molecule has 2 aromatic carbocycles. The van der Waals surface area contributed by atoms with Crippen LogP contribution in [-0.4, -0.2) is 28.7 Å². The second kappa shape index (κ2) is 11.2. The fourth-order valence-electron chi connectivity index (χ4n) is 3.09. The molecule has 0 spiro atoms. The number of pyridine rings is 1. The van der Waals surface area contributed by atoms with Crippen LogP contribution in [0.25, 0.3) is 0 Å². The van der Waals surface area contributed by atoms with E-state index in [9.17, 15) is 9.59 Å². The van der Waals surface area contributed by atoms with Gasteiger partial charge in [0.25, 0.3) is 0 Å². The molecular formula is C26H30N4O4. The predicted molar refractivity (Wildman–Crippen MR) is 131 cm³/mol. The second-order valence-corrected chi connectivity index (χ2v) is 8.76. The van der Waals surface area contributed by atoms with Gasteiger partial charge in [-0.2, -0.15) is 0 Å². The van der Waals surface area contributed by atoms with E-state index < -0.39 is 23.7 Å². The topological polar surface area (TPSA) is 116 Å². The van der Waals surface area contributed by atoms with Crippen molar-refractivity contribution < 1.29 is 19.1 Å². The van der Waals surface area contributed by atoms with Gasteiger partial charge in [0, 0.05) is 18.3 Å². The van der Waals surface area contributed by atoms with E-state index >= 15 is 0 Å². The Hall–Kier alpha value is -4.07. The first kappa shape index (κ1) is 24.6. The zero-order chi connectivity index (χ0) is 24.6. The monoisotopic (exact) mass is 462 g/mol. The smallest absolute Gasteiger partial charge is 0.408 e. The van der Waals surface area contributed by atoms with E-state index in [2.05, 4.69) is 15.6 Å². The molecule has 0 unspecified atom stereocenters. The summed E-state index contributed by atoms with van der Waals surface area (Å²) in [7, 11) is 0. The maximum atomic E-state index is 12.8. The number of benzene rings is 2. The van der Waals surface area contributed by atoms with Gasteiger partial charge in [0.1, 0.15) is 18.2 Å². The number of hydrogen-bond donors (Lipinski definition) is 3. The Kier molecular flexibility index (Phi) is 8.08. The van der Waals surface area contributed by atoms with Crippen LogP contribution in [-0.2, 0) is 27.3 Å². The highest BCUT2D eigenvalue weighted by Gasteiger charge is 2.27. The molecule has 1 aromatic heterocycles. The molecule has 1 heterocycles. The van der Waals surface area contributed by atoms with Gasteiger partial charge in [0.15, 0.2) is 5.82 Å². The molecule has 8 heteroatoms. The number of alkyl carbamates (subject to hydrolysis) is 1. The van der Waals surface area contributed by atoms with Crippen LogP contribution in [0.15, 0.2) is 72.9 Å². The zero-order valence-electron chi connectivity index (χ0n) is 19.6. The quantitative estimate of drug-likeness (QED) is 0.419. The molecule has 178 valence electrons. The first-order valence-electron chi connectivity index (χ1n) is 11.0. The molecule has 3 aromatic rings. The van der Waals surface area contributed by atoms with Crippen molar-refractivity contribution in [3.8, 4) is 0 Å². The second-order valence-electron chi connectivity index (χ2n) is 8.76. The van der Waals surface area contributed by atoms with Crippen LogP contribution in [0, 0.1) is 0 Å². The van der Waals surface area contributed by atoms with Crippen molar-refractivity contribution in [2.45, 2.75) is 45.4 Å². The average molecular weight is 463 g/mol. The number of amides is 1. The van der Waals surface area contributed by atoms with Crippen LogP contribution in [0.1, 0.15) is 31.9 Å². The fraction of sp³-hybridized carbons (Fsp3) is 0.269. The summed E-state index contributed by atoms with van der Waals surface area (Å²) in [6, 6.07) is 19.3. The Morgan fingerprint density at radius 1 is 0.971 bits per heavy atom. The summed E-state index contributed by atoms with van der Waals surface area (Å²) in [4.78, 5) is 29.4. The van der Waals surface area contributed by atoms with Gasteiger partial charge in [0.05, 0.1) is 5.69 Å². The molecule has 0 fully saturated rings. The number of anilines is 3. The van der Waals surface area contributed by atoms with E-state index in [1.165, 1.54) is 0 Å². The minimum atomic E-state index is -0.909. The van der Waals surface area contributed by atoms with Crippen LogP contribution in [0.3, 0.4) is 0 Å². The highest BCUT2D eigenvalue weighted by molar-refractivity contribution is 5.82. The summed E-state index contributed by atoms with van der Waals surface area (Å²) in [6.45, 7) is 5.43. The molecule has 1 amide bonds. The van der Waals surface area contributed by atoms with E-state index in [1.54, 1.807) is 39.1 Å². The summed E-state index contributed by atoms with van der Waals surface area (Å²) < 4.78 is 10.8. The molecule has 0 saturated carbocycles. The number of esters is 1. The van der Waals surface area contributed by atoms with Crippen LogP contribution < -0.4 is 16.4 Å². The molecule has 0 aliphatic heterocycles. The molecule has 0 aliphatic rings. The normalized spacial score (nSPS) is 11.9. The van der Waals surface area contributed by atoms with Crippen molar-refractivity contribution in [2.75, 3.05) is 11.1 Å². The van der Waals surface area contributed by atoms with Crippen molar-refractivity contribution >= 4 is 29.3 Å². The maximum Gasteiger partial charge on any atom is 0.408 e. The number of nitrogens with zero attached hydrogens (tertiary/aromatic N) is 1. The summed E-state index contributed by atoms with van der Waals surface area (Å²) >= 11 is 0. The molecular weight excluding hydrogens is 432 g/mol. The lowest BCUT2D eigenvalue weighted by Gasteiger charge is -2.24. The molecule has 4 N–H and O–H groups in total. The number of carbonyl (C=O) groups is 2. The van der Waals surface area contributed by atoms with Gasteiger partial charge in [-0.15, -0.1) is 0 Å². The Labute approximate surface area is 199 Å². The summed E-state index contributed by atoms with van der Waals surface area (Å²) in [5, 5.41) is 5.80. The Morgan fingerprint density at radius 2 is 1.68 bits per heavy atom. The van der Waals surface area contributed by atoms with Crippen LogP contribution in [0.4, 0.5) is 22.0 Å². The van der Waals surface area contributed by atoms with Gasteiger partial charge in [-0.05, 0) is 56.2 Å². The van der Waals surface area contributed by atoms with Gasteiger partial charge >= 0.3 is 12.1 Å². The molecule has 0 aliphatic carbocycles. The third-order valence-electron chi connectivity index (χ3n) is 4.69. The number of hydrogen-bond acceptors (Lipinski definition) is 7. The Balaban J connectivity index is 1.66. The molecule has 0 radical (unpaired) electrons. The lowest BCUT2D eigenvalue weighted by molar-refractivity contribution is -0.157. The lowest BCUT2D eigenvalue weighted by atomic mass is 10.0. The van der Waals surface area contributed by atoms with Gasteiger partial charge in [-0.3, -0.25) is 0 Å². The number of nitrogens with one attached hydrogen (secondary N) is 2. The summed E-state index contributed by atoms with van der Waals surface area (Å²) in [5.41, 5.74) is 8.24. The van der Waals surface area contributed by atoms with Gasteiger partial charge in [0.2, 0.25) is 0 Å². The standard InChI is InChI=1S/C26H30N4O4/c1-26(2,3)34-24(31)22(30-25(32)33-17-19-8-5-4-6-9-19)16-18-11-13-20(14-12-18)29-23-21(27)10-7-15-28-23/h4-15,22H,16-17,27H2,1-3H3,(H,28,29)(H,30,32)/t22-/m0/s1. The van der Waals surface area contributed by atoms with Gasteiger partial charge in [-0.25, -0.2) is 14.6 Å². The SMILES string of the molecule is CC(C)(C)OC(=O)[C@H](Cc1ccc(Nc2ncccc2N)cc1)NC(=O)OCc1ccccc1. The Morgan fingerprint density at radius 3 is 2.32 bits per heavy atom. The predicted octanol–water partition coefficient (Wildman–Crippen LogP) is 4.59. The number of aromatic nitrogens is 1. The van der Waals surface area contributed by atoms with Crippen molar-refractivity contribution in [3.05, 3.63) is 84.1 Å². The minimum absolute atomic E-state index is 0.102. The number of ether oxygens (including phenoxy) is 2. The third-order valence-corrected chi connectivity index (χ3v) is 4.69. The first-order valence-corrected chi connectivity index (χ1v) is 11.0. The average Bonchev–Trinajstić information content (AvgIpc) is 2.79. The van der Waals surface area contributed by atoms with Crippen molar-refractivity contribution in [2.24, 2.45) is 0 Å². The molecule has 34 heavy (non-hydrogen) atoms. The van der Waals surface area contributed by atoms with E-state index in [1.807, 2.05) is 54.6 Å². The first-order chi connectivity index (χ1) is 16.2. The summed E-state index contributed by atoms with van der Waals surface area (Å²) in [5.74, 6) is 0.0253. The molecule has 8 nitrogen and oxygen atoms in total. The number of carbonyl (C=O) groups excluding carboxylic acids is 2. The zero-order valence-corrected chi connectivity index (χ0v) is 19.6. The van der Waals surface area contributed by atoms with E-state index in [-0.39, 0.29) is 13.0 Å². The van der Waals surface area contributed by atoms with Crippen molar-refractivity contribution in [3.63, 3.8) is 0 Å². The van der Waals surface area contributed by atoms with Crippen LogP contribution in [0.5, 0.6) is 0 Å². The van der Waals surface area contributed by atoms with Crippen molar-refractivity contribution in [1.29, 1.82) is 0 Å². The fourth-order valence-corrected chi connectivity index (χ4v) is 3.09. The van der Waals surface area contributed by atoms with Gasteiger partial charge in [-0.1, -0.05) is 42.5 Å². The highest BCUT2D eigenvalue weighted by Crippen LogP contribution is 2.21. The van der Waals surface area contributed by atoms with E-state index in [0.29, 0.717) is 11.5 Å². The number of rotatable bonds is 8. The maximum absolute atomic E-state index is 12.8. The van der Waals surface area contributed by atoms with E-state index in [4.69, 9.17) is 15.2 Å². The molecule has 0 bridgehead atoms. The number of nitrogens with two attached hydrogens (primary N) is 1. The van der Waals surface area contributed by atoms with Crippen LogP contribution in [0.2, 0.25) is 0 Å².